The Labute approximate surface area is 173 Å². The Morgan fingerprint density at radius 1 is 0.966 bits per heavy atom. The fourth-order valence-corrected chi connectivity index (χ4v) is 3.78. The van der Waals surface area contributed by atoms with Crippen molar-refractivity contribution >= 4 is 17.5 Å². The second kappa shape index (κ2) is 10.4. The lowest BCUT2D eigenvalue weighted by atomic mass is 10.1. The van der Waals surface area contributed by atoms with E-state index in [-0.39, 0.29) is 0 Å². The molecular weight excluding hydrogens is 366 g/mol. The van der Waals surface area contributed by atoms with Gasteiger partial charge in [-0.2, -0.15) is 4.98 Å². The molecule has 0 atom stereocenters. The number of anilines is 3. The largest absolute Gasteiger partial charge is 0.494 e. The normalized spacial score (nSPS) is 17.9. The minimum Gasteiger partial charge on any atom is -0.494 e. The molecule has 1 aromatic heterocycles. The molecular formula is C22H31N5O2. The SMILES string of the molecule is c1cc(N2CCCCC2)nc(Nc2ccc(OCCCN3CCOCC3)cc2)n1. The Bertz CT molecular complexity index is 743. The van der Waals surface area contributed by atoms with Crippen LogP contribution in [0.3, 0.4) is 0 Å². The van der Waals surface area contributed by atoms with Gasteiger partial charge in [-0.1, -0.05) is 0 Å². The molecule has 0 unspecified atom stereocenters. The van der Waals surface area contributed by atoms with E-state index in [2.05, 4.69) is 25.1 Å². The Balaban J connectivity index is 1.24. The summed E-state index contributed by atoms with van der Waals surface area (Å²) in [6.45, 7) is 7.70. The zero-order valence-corrected chi connectivity index (χ0v) is 17.1. The van der Waals surface area contributed by atoms with E-state index in [1.165, 1.54) is 19.3 Å². The predicted octanol–water partition coefficient (Wildman–Crippen LogP) is 3.31. The number of piperidine rings is 1. The maximum Gasteiger partial charge on any atom is 0.229 e. The zero-order valence-electron chi connectivity index (χ0n) is 17.1. The molecule has 0 aliphatic carbocycles. The van der Waals surface area contributed by atoms with Crippen LogP contribution < -0.4 is 15.0 Å². The van der Waals surface area contributed by atoms with Crippen LogP contribution in [0.1, 0.15) is 25.7 Å². The highest BCUT2D eigenvalue weighted by Crippen LogP contribution is 2.21. The fraction of sp³-hybridized carbons (Fsp3) is 0.545. The number of nitrogens with zero attached hydrogens (tertiary/aromatic N) is 4. The number of morpholine rings is 1. The zero-order chi connectivity index (χ0) is 19.7. The summed E-state index contributed by atoms with van der Waals surface area (Å²) in [6.07, 6.45) is 6.64. The maximum absolute atomic E-state index is 5.88. The highest BCUT2D eigenvalue weighted by Gasteiger charge is 2.13. The molecule has 4 rings (SSSR count). The summed E-state index contributed by atoms with van der Waals surface area (Å²) in [5, 5.41) is 3.30. The van der Waals surface area contributed by atoms with Crippen LogP contribution in [-0.2, 0) is 4.74 Å². The van der Waals surface area contributed by atoms with Crippen LogP contribution in [0.2, 0.25) is 0 Å². The molecule has 156 valence electrons. The number of ether oxygens (including phenoxy) is 2. The first-order chi connectivity index (χ1) is 14.4. The third kappa shape index (κ3) is 6.05. The molecule has 1 N–H and O–H groups in total. The smallest absolute Gasteiger partial charge is 0.229 e. The molecule has 2 aliphatic rings. The van der Waals surface area contributed by atoms with E-state index in [4.69, 9.17) is 9.47 Å². The van der Waals surface area contributed by atoms with Gasteiger partial charge < -0.3 is 19.7 Å². The van der Waals surface area contributed by atoms with Crippen molar-refractivity contribution in [2.45, 2.75) is 25.7 Å². The number of benzene rings is 1. The molecule has 7 heteroatoms. The lowest BCUT2D eigenvalue weighted by Crippen LogP contribution is -2.37. The topological polar surface area (TPSA) is 62.8 Å². The van der Waals surface area contributed by atoms with Crippen molar-refractivity contribution in [2.24, 2.45) is 0 Å². The van der Waals surface area contributed by atoms with Crippen LogP contribution in [-0.4, -0.2) is 67.4 Å². The number of nitrogens with one attached hydrogen (secondary N) is 1. The monoisotopic (exact) mass is 397 g/mol. The van der Waals surface area contributed by atoms with Crippen molar-refractivity contribution in [3.63, 3.8) is 0 Å². The van der Waals surface area contributed by atoms with E-state index in [0.29, 0.717) is 5.95 Å². The standard InChI is InChI=1S/C22H31N5O2/c1-2-12-27(13-3-1)21-9-10-23-22(25-21)24-19-5-7-20(8-6-19)29-16-4-11-26-14-17-28-18-15-26/h5-10H,1-4,11-18H2,(H,23,24,25). The molecule has 0 amide bonds. The van der Waals surface area contributed by atoms with Crippen LogP contribution in [0.5, 0.6) is 5.75 Å². The Hall–Kier alpha value is -2.38. The van der Waals surface area contributed by atoms with Gasteiger partial charge in [0, 0.05) is 44.6 Å². The van der Waals surface area contributed by atoms with E-state index in [0.717, 1.165) is 76.2 Å². The molecule has 2 aliphatic heterocycles. The van der Waals surface area contributed by atoms with Crippen molar-refractivity contribution in [3.8, 4) is 5.75 Å². The first-order valence-corrected chi connectivity index (χ1v) is 10.7. The van der Waals surface area contributed by atoms with E-state index < -0.39 is 0 Å². The molecule has 2 saturated heterocycles. The summed E-state index contributed by atoms with van der Waals surface area (Å²) in [5.74, 6) is 2.52. The number of rotatable bonds is 8. The van der Waals surface area contributed by atoms with Gasteiger partial charge in [0.05, 0.1) is 19.8 Å². The van der Waals surface area contributed by atoms with Gasteiger partial charge in [0.2, 0.25) is 5.95 Å². The molecule has 3 heterocycles. The summed E-state index contributed by atoms with van der Waals surface area (Å²) in [5.41, 5.74) is 0.960. The molecule has 0 spiro atoms. The summed E-state index contributed by atoms with van der Waals surface area (Å²) in [4.78, 5) is 13.8. The Kier molecular flexibility index (Phi) is 7.15. The van der Waals surface area contributed by atoms with E-state index in [1.54, 1.807) is 0 Å². The van der Waals surface area contributed by atoms with E-state index >= 15 is 0 Å². The minimum absolute atomic E-state index is 0.632. The summed E-state index contributed by atoms with van der Waals surface area (Å²) in [6, 6.07) is 9.99. The van der Waals surface area contributed by atoms with Crippen LogP contribution in [0, 0.1) is 0 Å². The third-order valence-electron chi connectivity index (χ3n) is 5.42. The Morgan fingerprint density at radius 2 is 1.76 bits per heavy atom. The number of hydrogen-bond donors (Lipinski definition) is 1. The maximum atomic E-state index is 5.88. The molecule has 0 bridgehead atoms. The van der Waals surface area contributed by atoms with Gasteiger partial charge in [-0.15, -0.1) is 0 Å². The van der Waals surface area contributed by atoms with Gasteiger partial charge >= 0.3 is 0 Å². The molecule has 2 aromatic rings. The van der Waals surface area contributed by atoms with E-state index in [9.17, 15) is 0 Å². The van der Waals surface area contributed by atoms with Gasteiger partial charge in [-0.3, -0.25) is 4.90 Å². The van der Waals surface area contributed by atoms with Gasteiger partial charge in [0.15, 0.2) is 0 Å². The minimum atomic E-state index is 0.632. The van der Waals surface area contributed by atoms with Gasteiger partial charge in [0.25, 0.3) is 0 Å². The van der Waals surface area contributed by atoms with E-state index in [1.807, 2.05) is 36.5 Å². The molecule has 2 fully saturated rings. The van der Waals surface area contributed by atoms with Crippen LogP contribution in [0.25, 0.3) is 0 Å². The van der Waals surface area contributed by atoms with Gasteiger partial charge in [-0.25, -0.2) is 4.98 Å². The molecule has 29 heavy (non-hydrogen) atoms. The molecule has 1 aromatic carbocycles. The lowest BCUT2D eigenvalue weighted by molar-refractivity contribution is 0.0358. The first kappa shape index (κ1) is 19.9. The second-order valence-electron chi connectivity index (χ2n) is 7.59. The van der Waals surface area contributed by atoms with Crippen LogP contribution in [0.4, 0.5) is 17.5 Å². The van der Waals surface area contributed by atoms with Crippen molar-refractivity contribution < 1.29 is 9.47 Å². The van der Waals surface area contributed by atoms with Crippen LogP contribution >= 0.6 is 0 Å². The quantitative estimate of drug-likeness (QED) is 0.686. The van der Waals surface area contributed by atoms with Crippen molar-refractivity contribution in [3.05, 3.63) is 36.5 Å². The summed E-state index contributed by atoms with van der Waals surface area (Å²) >= 11 is 0. The van der Waals surface area contributed by atoms with Crippen molar-refractivity contribution in [1.29, 1.82) is 0 Å². The highest BCUT2D eigenvalue weighted by molar-refractivity contribution is 5.56. The molecule has 7 nitrogen and oxygen atoms in total. The van der Waals surface area contributed by atoms with Crippen molar-refractivity contribution in [2.75, 3.05) is 62.8 Å². The average molecular weight is 398 g/mol. The molecule has 0 radical (unpaired) electrons. The van der Waals surface area contributed by atoms with Gasteiger partial charge in [0.1, 0.15) is 11.6 Å². The lowest BCUT2D eigenvalue weighted by Gasteiger charge is -2.27. The predicted molar refractivity (Wildman–Crippen MR) is 115 cm³/mol. The summed E-state index contributed by atoms with van der Waals surface area (Å²) < 4.78 is 11.3. The second-order valence-corrected chi connectivity index (χ2v) is 7.59. The fourth-order valence-electron chi connectivity index (χ4n) is 3.78. The summed E-state index contributed by atoms with van der Waals surface area (Å²) in [7, 11) is 0. The number of hydrogen-bond acceptors (Lipinski definition) is 7. The highest BCUT2D eigenvalue weighted by atomic mass is 16.5. The first-order valence-electron chi connectivity index (χ1n) is 10.7. The van der Waals surface area contributed by atoms with Gasteiger partial charge in [-0.05, 0) is 56.0 Å². The van der Waals surface area contributed by atoms with Crippen molar-refractivity contribution in [1.82, 2.24) is 14.9 Å². The third-order valence-corrected chi connectivity index (χ3v) is 5.42. The average Bonchev–Trinajstić information content (AvgIpc) is 2.79. The van der Waals surface area contributed by atoms with Crippen LogP contribution in [0.15, 0.2) is 36.5 Å². The Morgan fingerprint density at radius 3 is 2.55 bits per heavy atom. The number of aromatic nitrogens is 2. The molecule has 0 saturated carbocycles.